The summed E-state index contributed by atoms with van der Waals surface area (Å²) in [6, 6.07) is 5.74. The van der Waals surface area contributed by atoms with Gasteiger partial charge in [-0.2, -0.15) is 0 Å². The minimum absolute atomic E-state index is 0.274. The van der Waals surface area contributed by atoms with E-state index in [9.17, 15) is 0 Å². The SMILES string of the molecule is COc1cc(N)ccc1SCC1CNCCO1. The van der Waals surface area contributed by atoms with Crippen molar-refractivity contribution < 1.29 is 9.47 Å². The molecule has 1 atom stereocenters. The van der Waals surface area contributed by atoms with Gasteiger partial charge in [0.2, 0.25) is 0 Å². The molecule has 3 N–H and O–H groups in total. The molecule has 1 aliphatic heterocycles. The first kappa shape index (κ1) is 12.5. The number of anilines is 1. The van der Waals surface area contributed by atoms with Crippen molar-refractivity contribution in [2.75, 3.05) is 38.3 Å². The molecular formula is C12H18N2O2S. The van der Waals surface area contributed by atoms with Crippen LogP contribution < -0.4 is 15.8 Å². The Hall–Kier alpha value is -0.910. The minimum Gasteiger partial charge on any atom is -0.496 e. The summed E-state index contributed by atoms with van der Waals surface area (Å²) in [5, 5.41) is 3.32. The lowest BCUT2D eigenvalue weighted by Crippen LogP contribution is -2.39. The number of benzene rings is 1. The Morgan fingerprint density at radius 1 is 1.59 bits per heavy atom. The largest absolute Gasteiger partial charge is 0.496 e. The normalized spacial score (nSPS) is 20.2. The second-order valence-corrected chi connectivity index (χ2v) is 4.98. The van der Waals surface area contributed by atoms with Crippen molar-refractivity contribution >= 4 is 17.4 Å². The van der Waals surface area contributed by atoms with Crippen molar-refractivity contribution in [3.8, 4) is 5.75 Å². The van der Waals surface area contributed by atoms with E-state index in [1.54, 1.807) is 18.9 Å². The van der Waals surface area contributed by atoms with Gasteiger partial charge in [-0.1, -0.05) is 0 Å². The highest BCUT2D eigenvalue weighted by molar-refractivity contribution is 7.99. The first-order valence-corrected chi connectivity index (χ1v) is 6.67. The van der Waals surface area contributed by atoms with E-state index < -0.39 is 0 Å². The zero-order valence-electron chi connectivity index (χ0n) is 9.94. The average Bonchev–Trinajstić information content (AvgIpc) is 2.38. The van der Waals surface area contributed by atoms with Crippen LogP contribution in [0.15, 0.2) is 23.1 Å². The Labute approximate surface area is 106 Å². The summed E-state index contributed by atoms with van der Waals surface area (Å²) < 4.78 is 11.0. The highest BCUT2D eigenvalue weighted by Crippen LogP contribution is 2.31. The number of hydrogen-bond acceptors (Lipinski definition) is 5. The Morgan fingerprint density at radius 3 is 3.18 bits per heavy atom. The number of rotatable bonds is 4. The van der Waals surface area contributed by atoms with Gasteiger partial charge < -0.3 is 20.5 Å². The van der Waals surface area contributed by atoms with E-state index in [0.717, 1.165) is 41.8 Å². The fourth-order valence-corrected chi connectivity index (χ4v) is 2.74. The molecule has 0 spiro atoms. The maximum Gasteiger partial charge on any atom is 0.134 e. The molecule has 0 bridgehead atoms. The summed E-state index contributed by atoms with van der Waals surface area (Å²) in [6.07, 6.45) is 0.274. The number of morpholine rings is 1. The van der Waals surface area contributed by atoms with E-state index >= 15 is 0 Å². The average molecular weight is 254 g/mol. The van der Waals surface area contributed by atoms with Gasteiger partial charge in [0.15, 0.2) is 0 Å². The molecule has 1 saturated heterocycles. The molecule has 2 rings (SSSR count). The summed E-state index contributed by atoms with van der Waals surface area (Å²) in [6.45, 7) is 2.67. The van der Waals surface area contributed by atoms with E-state index in [-0.39, 0.29) is 6.10 Å². The number of ether oxygens (including phenoxy) is 2. The summed E-state index contributed by atoms with van der Waals surface area (Å²) in [5.74, 6) is 1.76. The van der Waals surface area contributed by atoms with Crippen LogP contribution in [0.3, 0.4) is 0 Å². The fraction of sp³-hybridized carbons (Fsp3) is 0.500. The van der Waals surface area contributed by atoms with E-state index in [1.165, 1.54) is 0 Å². The standard InChI is InChI=1S/C12H18N2O2S/c1-15-11-6-9(13)2-3-12(11)17-8-10-7-14-4-5-16-10/h2-3,6,10,14H,4-5,7-8,13H2,1H3. The molecular weight excluding hydrogens is 236 g/mol. The van der Waals surface area contributed by atoms with Crippen molar-refractivity contribution in [3.63, 3.8) is 0 Å². The molecule has 0 amide bonds. The van der Waals surface area contributed by atoms with Crippen molar-refractivity contribution in [1.29, 1.82) is 0 Å². The Balaban J connectivity index is 1.93. The molecule has 1 unspecified atom stereocenters. The molecule has 5 heteroatoms. The van der Waals surface area contributed by atoms with Crippen molar-refractivity contribution in [3.05, 3.63) is 18.2 Å². The molecule has 4 nitrogen and oxygen atoms in total. The maximum atomic E-state index is 5.72. The van der Waals surface area contributed by atoms with Gasteiger partial charge in [-0.25, -0.2) is 0 Å². The van der Waals surface area contributed by atoms with Gasteiger partial charge in [0.25, 0.3) is 0 Å². The Kier molecular flexibility index (Phi) is 4.53. The van der Waals surface area contributed by atoms with Crippen LogP contribution in [0.25, 0.3) is 0 Å². The number of nitrogen functional groups attached to an aromatic ring is 1. The molecule has 17 heavy (non-hydrogen) atoms. The molecule has 1 aromatic rings. The van der Waals surface area contributed by atoms with E-state index in [2.05, 4.69) is 5.32 Å². The smallest absolute Gasteiger partial charge is 0.134 e. The quantitative estimate of drug-likeness (QED) is 0.627. The van der Waals surface area contributed by atoms with Crippen LogP contribution in [0, 0.1) is 0 Å². The van der Waals surface area contributed by atoms with Crippen LogP contribution in [0.1, 0.15) is 0 Å². The number of nitrogens with two attached hydrogens (primary N) is 1. The Bertz CT molecular complexity index is 368. The zero-order valence-corrected chi connectivity index (χ0v) is 10.8. The predicted molar refractivity (Wildman–Crippen MR) is 70.7 cm³/mol. The van der Waals surface area contributed by atoms with Crippen LogP contribution in [0.2, 0.25) is 0 Å². The highest BCUT2D eigenvalue weighted by Gasteiger charge is 2.14. The van der Waals surface area contributed by atoms with Crippen LogP contribution in [0.5, 0.6) is 5.75 Å². The first-order valence-electron chi connectivity index (χ1n) is 5.68. The van der Waals surface area contributed by atoms with Crippen molar-refractivity contribution in [2.45, 2.75) is 11.0 Å². The molecule has 1 aromatic carbocycles. The van der Waals surface area contributed by atoms with Gasteiger partial charge in [0, 0.05) is 35.5 Å². The van der Waals surface area contributed by atoms with Crippen LogP contribution in [-0.4, -0.2) is 38.7 Å². The van der Waals surface area contributed by atoms with Gasteiger partial charge >= 0.3 is 0 Å². The van der Waals surface area contributed by atoms with E-state index in [0.29, 0.717) is 0 Å². The fourth-order valence-electron chi connectivity index (χ4n) is 1.71. The maximum absolute atomic E-state index is 5.72. The molecule has 0 radical (unpaired) electrons. The third kappa shape index (κ3) is 3.52. The summed E-state index contributed by atoms with van der Waals surface area (Å²) in [5.41, 5.74) is 6.44. The second kappa shape index (κ2) is 6.14. The van der Waals surface area contributed by atoms with Gasteiger partial charge in [-0.05, 0) is 12.1 Å². The molecule has 0 saturated carbocycles. The molecule has 1 aliphatic rings. The van der Waals surface area contributed by atoms with Crippen molar-refractivity contribution in [1.82, 2.24) is 5.32 Å². The third-order valence-corrected chi connectivity index (χ3v) is 3.80. The van der Waals surface area contributed by atoms with Crippen LogP contribution in [-0.2, 0) is 4.74 Å². The van der Waals surface area contributed by atoms with Gasteiger partial charge in [0.05, 0.1) is 19.8 Å². The van der Waals surface area contributed by atoms with Crippen LogP contribution in [0.4, 0.5) is 5.69 Å². The minimum atomic E-state index is 0.274. The summed E-state index contributed by atoms with van der Waals surface area (Å²) >= 11 is 1.74. The zero-order chi connectivity index (χ0) is 12.1. The molecule has 94 valence electrons. The number of nitrogens with one attached hydrogen (secondary N) is 1. The lowest BCUT2D eigenvalue weighted by Gasteiger charge is -2.23. The highest BCUT2D eigenvalue weighted by atomic mass is 32.2. The summed E-state index contributed by atoms with van der Waals surface area (Å²) in [4.78, 5) is 1.11. The van der Waals surface area contributed by atoms with Gasteiger partial charge in [-0.15, -0.1) is 11.8 Å². The topological polar surface area (TPSA) is 56.5 Å². The number of methoxy groups -OCH3 is 1. The second-order valence-electron chi connectivity index (χ2n) is 3.92. The van der Waals surface area contributed by atoms with E-state index in [1.807, 2.05) is 18.2 Å². The van der Waals surface area contributed by atoms with Crippen LogP contribution >= 0.6 is 11.8 Å². The Morgan fingerprint density at radius 2 is 2.47 bits per heavy atom. The first-order chi connectivity index (χ1) is 8.29. The molecule has 0 aliphatic carbocycles. The monoisotopic (exact) mass is 254 g/mol. The van der Waals surface area contributed by atoms with Gasteiger partial charge in [-0.3, -0.25) is 0 Å². The summed E-state index contributed by atoms with van der Waals surface area (Å²) in [7, 11) is 1.66. The van der Waals surface area contributed by atoms with Gasteiger partial charge in [0.1, 0.15) is 5.75 Å². The molecule has 0 aromatic heterocycles. The molecule has 1 fully saturated rings. The number of hydrogen-bond donors (Lipinski definition) is 2. The number of thioether (sulfide) groups is 1. The molecule has 1 heterocycles. The lowest BCUT2D eigenvalue weighted by atomic mass is 10.3. The predicted octanol–water partition coefficient (Wildman–Crippen LogP) is 1.36. The third-order valence-electron chi connectivity index (χ3n) is 2.62. The van der Waals surface area contributed by atoms with Crippen molar-refractivity contribution in [2.24, 2.45) is 0 Å². The van der Waals surface area contributed by atoms with E-state index in [4.69, 9.17) is 15.2 Å². The lowest BCUT2D eigenvalue weighted by molar-refractivity contribution is 0.0441.